The predicted molar refractivity (Wildman–Crippen MR) is 66.7 cm³/mol. The molecule has 0 bridgehead atoms. The average Bonchev–Trinajstić information content (AvgIpc) is 2.07. The number of hydrogen-bond donors (Lipinski definition) is 1. The molecule has 1 fully saturated rings. The Morgan fingerprint density at radius 3 is 2.31 bits per heavy atom. The second kappa shape index (κ2) is 4.50. The summed E-state index contributed by atoms with van der Waals surface area (Å²) >= 11 is 0. The minimum atomic E-state index is -1.71. The van der Waals surface area contributed by atoms with E-state index in [1.807, 2.05) is 0 Å². The fourth-order valence-corrected chi connectivity index (χ4v) is 1.87. The molecule has 0 radical (unpaired) electrons. The molecule has 0 aromatic rings. The Bertz CT molecular complexity index is 302. The summed E-state index contributed by atoms with van der Waals surface area (Å²) in [5, 5.41) is 9.86. The topological polar surface area (TPSA) is 38.7 Å². The van der Waals surface area contributed by atoms with Crippen molar-refractivity contribution < 1.29 is 14.3 Å². The standard InChI is InChI=1S/C12H22O3Si/c1-11(2,3)16(4,5)15-8-6-7-12(13)9-14-10-12/h13H,8-10H2,1-5H3. The van der Waals surface area contributed by atoms with Gasteiger partial charge >= 0.3 is 0 Å². The van der Waals surface area contributed by atoms with Crippen molar-refractivity contribution in [3.05, 3.63) is 0 Å². The van der Waals surface area contributed by atoms with Crippen molar-refractivity contribution in [1.82, 2.24) is 0 Å². The van der Waals surface area contributed by atoms with Crippen LogP contribution in [0.1, 0.15) is 20.8 Å². The number of rotatable bonds is 2. The van der Waals surface area contributed by atoms with Crippen LogP contribution in [0.5, 0.6) is 0 Å². The lowest BCUT2D eigenvalue weighted by atomic mass is 10.0. The summed E-state index contributed by atoms with van der Waals surface area (Å²) < 4.78 is 10.8. The lowest BCUT2D eigenvalue weighted by Gasteiger charge is -2.35. The highest BCUT2D eigenvalue weighted by atomic mass is 28.4. The van der Waals surface area contributed by atoms with Crippen LogP contribution in [0.15, 0.2) is 0 Å². The first-order valence-corrected chi connectivity index (χ1v) is 8.51. The quantitative estimate of drug-likeness (QED) is 0.592. The normalized spacial score (nSPS) is 19.6. The van der Waals surface area contributed by atoms with Crippen LogP contribution in [0, 0.1) is 11.8 Å². The first kappa shape index (κ1) is 13.7. The van der Waals surface area contributed by atoms with Gasteiger partial charge < -0.3 is 14.3 Å². The minimum absolute atomic E-state index is 0.200. The molecule has 3 nitrogen and oxygen atoms in total. The maximum atomic E-state index is 9.66. The van der Waals surface area contributed by atoms with Crippen molar-refractivity contribution in [3.8, 4) is 11.8 Å². The van der Waals surface area contributed by atoms with Crippen LogP contribution >= 0.6 is 0 Å². The third-order valence-electron chi connectivity index (χ3n) is 3.31. The van der Waals surface area contributed by atoms with Crippen LogP contribution in [-0.2, 0) is 9.16 Å². The molecule has 0 unspecified atom stereocenters. The fourth-order valence-electron chi connectivity index (χ4n) is 1.00. The maximum absolute atomic E-state index is 9.66. The highest BCUT2D eigenvalue weighted by Gasteiger charge is 2.37. The Kier molecular flexibility index (Phi) is 3.86. The van der Waals surface area contributed by atoms with Crippen molar-refractivity contribution in [2.75, 3.05) is 19.8 Å². The van der Waals surface area contributed by atoms with Gasteiger partial charge in [-0.25, -0.2) is 0 Å². The first-order chi connectivity index (χ1) is 7.16. The van der Waals surface area contributed by atoms with Gasteiger partial charge in [0, 0.05) is 0 Å². The minimum Gasteiger partial charge on any atom is -0.406 e. The van der Waals surface area contributed by atoms with Gasteiger partial charge in [-0.1, -0.05) is 32.6 Å². The van der Waals surface area contributed by atoms with Gasteiger partial charge in [0.05, 0.1) is 19.8 Å². The Morgan fingerprint density at radius 1 is 1.38 bits per heavy atom. The molecule has 0 saturated carbocycles. The molecule has 0 spiro atoms. The molecule has 0 aliphatic carbocycles. The van der Waals surface area contributed by atoms with Gasteiger partial charge in [-0.05, 0) is 18.1 Å². The molecule has 4 heteroatoms. The molecule has 0 atom stereocenters. The fraction of sp³-hybridized carbons (Fsp3) is 0.833. The lowest BCUT2D eigenvalue weighted by Crippen LogP contribution is -2.48. The van der Waals surface area contributed by atoms with E-state index < -0.39 is 13.9 Å². The van der Waals surface area contributed by atoms with Crippen molar-refractivity contribution in [2.45, 2.75) is 44.5 Å². The molecule has 16 heavy (non-hydrogen) atoms. The highest BCUT2D eigenvalue weighted by Crippen LogP contribution is 2.36. The molecule has 1 heterocycles. The van der Waals surface area contributed by atoms with E-state index >= 15 is 0 Å². The molecule has 0 aromatic carbocycles. The van der Waals surface area contributed by atoms with Crippen LogP contribution in [0.4, 0.5) is 0 Å². The smallest absolute Gasteiger partial charge is 0.193 e. The summed E-state index contributed by atoms with van der Waals surface area (Å²) in [5.74, 6) is 5.69. The SMILES string of the molecule is CC(C)(C)[Si](C)(C)OCC#CC1(O)COC1. The molecular weight excluding hydrogens is 220 g/mol. The van der Waals surface area contributed by atoms with Crippen molar-refractivity contribution in [3.63, 3.8) is 0 Å². The first-order valence-electron chi connectivity index (χ1n) is 5.60. The van der Waals surface area contributed by atoms with Gasteiger partial charge in [-0.15, -0.1) is 0 Å². The van der Waals surface area contributed by atoms with Crippen LogP contribution < -0.4 is 0 Å². The molecule has 1 saturated heterocycles. The average molecular weight is 242 g/mol. The molecule has 1 rings (SSSR count). The predicted octanol–water partition coefficient (Wildman–Crippen LogP) is 1.77. The van der Waals surface area contributed by atoms with Crippen LogP contribution in [0.3, 0.4) is 0 Å². The van der Waals surface area contributed by atoms with Crippen molar-refractivity contribution in [2.24, 2.45) is 0 Å². The van der Waals surface area contributed by atoms with Crippen LogP contribution in [0.2, 0.25) is 18.1 Å². The van der Waals surface area contributed by atoms with Gasteiger partial charge in [0.1, 0.15) is 0 Å². The summed E-state index contributed by atoms with van der Waals surface area (Å²) in [6, 6.07) is 0. The monoisotopic (exact) mass is 242 g/mol. The molecule has 92 valence electrons. The third kappa shape index (κ3) is 3.32. The van der Waals surface area contributed by atoms with E-state index in [1.165, 1.54) is 0 Å². The zero-order valence-electron chi connectivity index (χ0n) is 10.9. The van der Waals surface area contributed by atoms with Gasteiger partial charge in [-0.2, -0.15) is 0 Å². The zero-order chi connectivity index (χ0) is 12.4. The second-order valence-corrected chi connectivity index (χ2v) is 10.7. The summed E-state index contributed by atoms with van der Waals surface area (Å²) in [7, 11) is -1.71. The maximum Gasteiger partial charge on any atom is 0.193 e. The molecule has 1 aliphatic heterocycles. The van der Waals surface area contributed by atoms with Crippen molar-refractivity contribution >= 4 is 8.32 Å². The Hall–Kier alpha value is -0.343. The zero-order valence-corrected chi connectivity index (χ0v) is 11.9. The van der Waals surface area contributed by atoms with E-state index in [2.05, 4.69) is 45.7 Å². The number of ether oxygens (including phenoxy) is 1. The van der Waals surface area contributed by atoms with E-state index in [0.29, 0.717) is 19.8 Å². The second-order valence-electron chi connectivity index (χ2n) is 5.88. The van der Waals surface area contributed by atoms with E-state index in [9.17, 15) is 5.11 Å². The molecule has 0 aromatic heterocycles. The Morgan fingerprint density at radius 2 is 1.94 bits per heavy atom. The molecule has 0 amide bonds. The summed E-state index contributed by atoms with van der Waals surface area (Å²) in [6.45, 7) is 12.0. The summed E-state index contributed by atoms with van der Waals surface area (Å²) in [6.07, 6.45) is 0. The molecule has 1 N–H and O–H groups in total. The van der Waals surface area contributed by atoms with Crippen LogP contribution in [0.25, 0.3) is 0 Å². The van der Waals surface area contributed by atoms with Gasteiger partial charge in [0.2, 0.25) is 0 Å². The van der Waals surface area contributed by atoms with Crippen LogP contribution in [-0.4, -0.2) is 38.8 Å². The Balaban J connectivity index is 2.40. The highest BCUT2D eigenvalue weighted by molar-refractivity contribution is 6.74. The van der Waals surface area contributed by atoms with E-state index in [0.717, 1.165) is 0 Å². The van der Waals surface area contributed by atoms with Gasteiger partial charge in [-0.3, -0.25) is 0 Å². The van der Waals surface area contributed by atoms with Gasteiger partial charge in [0.15, 0.2) is 13.9 Å². The summed E-state index contributed by atoms with van der Waals surface area (Å²) in [5.41, 5.74) is -0.920. The summed E-state index contributed by atoms with van der Waals surface area (Å²) in [4.78, 5) is 0. The van der Waals surface area contributed by atoms with E-state index in [1.54, 1.807) is 0 Å². The molecular formula is C12H22O3Si. The largest absolute Gasteiger partial charge is 0.406 e. The van der Waals surface area contributed by atoms with Gasteiger partial charge in [0.25, 0.3) is 0 Å². The number of aliphatic hydroxyl groups is 1. The van der Waals surface area contributed by atoms with Crippen molar-refractivity contribution in [1.29, 1.82) is 0 Å². The lowest BCUT2D eigenvalue weighted by molar-refractivity contribution is -0.141. The van der Waals surface area contributed by atoms with E-state index in [-0.39, 0.29) is 5.04 Å². The third-order valence-corrected chi connectivity index (χ3v) is 7.79. The molecule has 1 aliphatic rings. The number of hydrogen-bond acceptors (Lipinski definition) is 3. The van der Waals surface area contributed by atoms with E-state index in [4.69, 9.17) is 9.16 Å². The Labute approximate surface area is 99.3 Å².